The minimum atomic E-state index is -0.985. The fraction of sp³-hybridized carbons (Fsp3) is 0.200. The lowest BCUT2D eigenvalue weighted by Gasteiger charge is -2.23. The molecule has 0 radical (unpaired) electrons. The molecule has 1 amide bonds. The van der Waals surface area contributed by atoms with Crippen LogP contribution in [0.15, 0.2) is 60.7 Å². The van der Waals surface area contributed by atoms with Gasteiger partial charge in [0.05, 0.1) is 18.7 Å². The molecule has 1 N–H and O–H groups in total. The van der Waals surface area contributed by atoms with Crippen molar-refractivity contribution in [2.75, 3.05) is 18.1 Å². The molecule has 0 saturated heterocycles. The Morgan fingerprint density at radius 1 is 1.00 bits per heavy atom. The van der Waals surface area contributed by atoms with Gasteiger partial charge in [-0.05, 0) is 41.0 Å². The van der Waals surface area contributed by atoms with Crippen LogP contribution in [-0.2, 0) is 23.2 Å². The number of nitrogens with zero attached hydrogens (tertiary/aromatic N) is 1. The van der Waals surface area contributed by atoms with Gasteiger partial charge in [0, 0.05) is 23.7 Å². The first-order valence-electron chi connectivity index (χ1n) is 10.2. The number of aromatic carboxylic acids is 1. The summed E-state index contributed by atoms with van der Waals surface area (Å²) in [5.41, 5.74) is 3.82. The third kappa shape index (κ3) is 2.45. The van der Waals surface area contributed by atoms with Crippen LogP contribution in [0.2, 0.25) is 0 Å². The number of amides is 1. The standard InChI is InChI=1S/C25H19NO5/c27-23(28)17-5-3-4-15(10-17)13-26-20-7-2-1-6-18(20)25(24(26)29)14-31-22-12-21-16(8-9-30-21)11-19(22)25/h1-7,10-12H,8-9,13-14H2,(H,27,28). The fourth-order valence-corrected chi connectivity index (χ4v) is 4.99. The van der Waals surface area contributed by atoms with E-state index >= 15 is 0 Å². The second-order valence-electron chi connectivity index (χ2n) is 8.16. The van der Waals surface area contributed by atoms with Crippen LogP contribution in [-0.4, -0.2) is 30.2 Å². The van der Waals surface area contributed by atoms with Crippen molar-refractivity contribution >= 4 is 17.6 Å². The van der Waals surface area contributed by atoms with Crippen LogP contribution in [0.3, 0.4) is 0 Å². The molecule has 6 rings (SSSR count). The highest BCUT2D eigenvalue weighted by molar-refractivity contribution is 6.11. The number of carbonyl (C=O) groups excluding carboxylic acids is 1. The molecule has 3 aromatic rings. The molecule has 3 heterocycles. The van der Waals surface area contributed by atoms with Crippen molar-refractivity contribution in [2.24, 2.45) is 0 Å². The van der Waals surface area contributed by atoms with Crippen LogP contribution in [0.25, 0.3) is 0 Å². The van der Waals surface area contributed by atoms with Crippen molar-refractivity contribution in [1.29, 1.82) is 0 Å². The Bertz CT molecular complexity index is 1270. The fourth-order valence-electron chi connectivity index (χ4n) is 4.99. The summed E-state index contributed by atoms with van der Waals surface area (Å²) in [7, 11) is 0. The summed E-state index contributed by atoms with van der Waals surface area (Å²) >= 11 is 0. The number of benzene rings is 3. The summed E-state index contributed by atoms with van der Waals surface area (Å²) in [6.07, 6.45) is 0.820. The third-order valence-corrected chi connectivity index (χ3v) is 6.48. The van der Waals surface area contributed by atoms with Gasteiger partial charge in [-0.3, -0.25) is 4.79 Å². The number of para-hydroxylation sites is 1. The normalized spacial score (nSPS) is 20.3. The second kappa shape index (κ2) is 6.35. The first-order valence-corrected chi connectivity index (χ1v) is 10.2. The minimum Gasteiger partial charge on any atom is -0.493 e. The largest absolute Gasteiger partial charge is 0.493 e. The van der Waals surface area contributed by atoms with Crippen LogP contribution in [0.1, 0.15) is 32.6 Å². The number of hydrogen-bond donors (Lipinski definition) is 1. The van der Waals surface area contributed by atoms with Crippen molar-refractivity contribution in [3.8, 4) is 11.5 Å². The van der Waals surface area contributed by atoms with E-state index in [0.29, 0.717) is 18.9 Å². The molecular weight excluding hydrogens is 394 g/mol. The maximum absolute atomic E-state index is 14.0. The average Bonchev–Trinajstić information content (AvgIpc) is 3.45. The van der Waals surface area contributed by atoms with Gasteiger partial charge in [0.15, 0.2) is 0 Å². The van der Waals surface area contributed by atoms with Crippen molar-refractivity contribution < 1.29 is 24.2 Å². The number of carboxylic acid groups (broad SMARTS) is 1. The van der Waals surface area contributed by atoms with Crippen molar-refractivity contribution in [1.82, 2.24) is 0 Å². The first kappa shape index (κ1) is 18.0. The molecule has 0 fully saturated rings. The molecule has 0 aromatic heterocycles. The minimum absolute atomic E-state index is 0.0490. The topological polar surface area (TPSA) is 76.1 Å². The highest BCUT2D eigenvalue weighted by Gasteiger charge is 2.57. The number of anilines is 1. The SMILES string of the molecule is O=C(O)c1cccc(CN2C(=O)C3(COc4cc5c(cc43)CCO5)c3ccccc32)c1. The molecule has 3 aliphatic rings. The average molecular weight is 413 g/mol. The van der Waals surface area contributed by atoms with Gasteiger partial charge in [-0.1, -0.05) is 30.3 Å². The number of hydrogen-bond acceptors (Lipinski definition) is 4. The van der Waals surface area contributed by atoms with E-state index in [-0.39, 0.29) is 18.1 Å². The van der Waals surface area contributed by atoms with E-state index in [1.807, 2.05) is 36.4 Å². The Hall–Kier alpha value is -3.80. The third-order valence-electron chi connectivity index (χ3n) is 6.48. The van der Waals surface area contributed by atoms with Crippen LogP contribution in [0.5, 0.6) is 11.5 Å². The molecule has 1 unspecified atom stereocenters. The van der Waals surface area contributed by atoms with E-state index in [1.54, 1.807) is 23.1 Å². The number of carboxylic acids is 1. The lowest BCUT2D eigenvalue weighted by Crippen LogP contribution is -2.42. The molecule has 6 heteroatoms. The summed E-state index contributed by atoms with van der Waals surface area (Å²) in [6.45, 7) is 1.18. The summed E-state index contributed by atoms with van der Waals surface area (Å²) in [4.78, 5) is 27.1. The Kier molecular flexibility index (Phi) is 3.69. The number of fused-ring (bicyclic) bond motifs is 5. The van der Waals surface area contributed by atoms with Gasteiger partial charge >= 0.3 is 5.97 Å². The summed E-state index contributed by atoms with van der Waals surface area (Å²) in [5, 5.41) is 9.33. The monoisotopic (exact) mass is 413 g/mol. The van der Waals surface area contributed by atoms with Gasteiger partial charge in [0.25, 0.3) is 0 Å². The molecule has 3 aliphatic heterocycles. The summed E-state index contributed by atoms with van der Waals surface area (Å²) in [5.74, 6) is 0.489. The van der Waals surface area contributed by atoms with Crippen LogP contribution >= 0.6 is 0 Å². The van der Waals surface area contributed by atoms with E-state index in [4.69, 9.17) is 9.47 Å². The molecule has 154 valence electrons. The van der Waals surface area contributed by atoms with E-state index in [1.165, 1.54) is 0 Å². The number of ether oxygens (including phenoxy) is 2. The van der Waals surface area contributed by atoms with Gasteiger partial charge in [-0.15, -0.1) is 0 Å². The molecule has 6 nitrogen and oxygen atoms in total. The zero-order chi connectivity index (χ0) is 21.2. The zero-order valence-corrected chi connectivity index (χ0v) is 16.6. The maximum Gasteiger partial charge on any atom is 0.335 e. The maximum atomic E-state index is 14.0. The summed E-state index contributed by atoms with van der Waals surface area (Å²) in [6, 6.07) is 18.5. The number of rotatable bonds is 3. The molecule has 31 heavy (non-hydrogen) atoms. The Morgan fingerprint density at radius 2 is 1.87 bits per heavy atom. The molecule has 1 atom stereocenters. The van der Waals surface area contributed by atoms with Crippen molar-refractivity contribution in [3.05, 3.63) is 88.5 Å². The Balaban J connectivity index is 1.47. The number of carbonyl (C=O) groups is 2. The predicted octanol–water partition coefficient (Wildman–Crippen LogP) is 3.55. The van der Waals surface area contributed by atoms with E-state index in [2.05, 4.69) is 6.07 Å². The molecule has 0 aliphatic carbocycles. The van der Waals surface area contributed by atoms with Crippen molar-refractivity contribution in [2.45, 2.75) is 18.4 Å². The molecular formula is C25H19NO5. The van der Waals surface area contributed by atoms with Crippen molar-refractivity contribution in [3.63, 3.8) is 0 Å². The van der Waals surface area contributed by atoms with E-state index in [9.17, 15) is 14.7 Å². The smallest absolute Gasteiger partial charge is 0.335 e. The second-order valence-corrected chi connectivity index (χ2v) is 8.16. The van der Waals surface area contributed by atoms with Crippen LogP contribution < -0.4 is 14.4 Å². The van der Waals surface area contributed by atoms with Gasteiger partial charge in [-0.25, -0.2) is 4.79 Å². The molecule has 0 bridgehead atoms. The van der Waals surface area contributed by atoms with E-state index < -0.39 is 11.4 Å². The predicted molar refractivity (Wildman–Crippen MR) is 113 cm³/mol. The molecule has 1 spiro atoms. The lowest BCUT2D eigenvalue weighted by molar-refractivity contribution is -0.122. The van der Waals surface area contributed by atoms with Crippen LogP contribution in [0.4, 0.5) is 5.69 Å². The Labute approximate surface area is 178 Å². The first-order chi connectivity index (χ1) is 15.1. The highest BCUT2D eigenvalue weighted by atomic mass is 16.5. The zero-order valence-electron chi connectivity index (χ0n) is 16.6. The lowest BCUT2D eigenvalue weighted by atomic mass is 9.76. The molecule has 0 saturated carbocycles. The van der Waals surface area contributed by atoms with Gasteiger partial charge in [0.1, 0.15) is 23.5 Å². The van der Waals surface area contributed by atoms with Gasteiger partial charge in [-0.2, -0.15) is 0 Å². The van der Waals surface area contributed by atoms with Gasteiger partial charge in [0.2, 0.25) is 5.91 Å². The van der Waals surface area contributed by atoms with Crippen LogP contribution in [0, 0.1) is 0 Å². The summed E-state index contributed by atoms with van der Waals surface area (Å²) < 4.78 is 11.7. The highest BCUT2D eigenvalue weighted by Crippen LogP contribution is 2.54. The Morgan fingerprint density at radius 3 is 2.74 bits per heavy atom. The van der Waals surface area contributed by atoms with Gasteiger partial charge < -0.3 is 19.5 Å². The molecule has 3 aromatic carbocycles. The van der Waals surface area contributed by atoms with E-state index in [0.717, 1.165) is 40.1 Å². The quantitative estimate of drug-likeness (QED) is 0.711.